The lowest BCUT2D eigenvalue weighted by Gasteiger charge is -2.03. The van der Waals surface area contributed by atoms with E-state index in [1.807, 2.05) is 6.92 Å². The van der Waals surface area contributed by atoms with Crippen LogP contribution in [0, 0.1) is 5.41 Å². The molecule has 0 atom stereocenters. The number of hydrogen-bond acceptors (Lipinski definition) is 6. The van der Waals surface area contributed by atoms with Gasteiger partial charge in [0, 0.05) is 6.54 Å². The third-order valence-electron chi connectivity index (χ3n) is 2.27. The van der Waals surface area contributed by atoms with Crippen LogP contribution in [0.5, 0.6) is 0 Å². The molecule has 8 nitrogen and oxygen atoms in total. The maximum Gasteiger partial charge on any atom is 0.343 e. The average Bonchev–Trinajstić information content (AvgIpc) is 2.73. The lowest BCUT2D eigenvalue weighted by atomic mass is 10.4. The second-order valence-electron chi connectivity index (χ2n) is 3.72. The molecule has 2 heterocycles. The van der Waals surface area contributed by atoms with Gasteiger partial charge in [0.2, 0.25) is 0 Å². The van der Waals surface area contributed by atoms with Crippen LogP contribution in [0.25, 0.3) is 0 Å². The Labute approximate surface area is 113 Å². The summed E-state index contributed by atoms with van der Waals surface area (Å²) in [4.78, 5) is 19.6. The van der Waals surface area contributed by atoms with E-state index >= 15 is 0 Å². The Morgan fingerprint density at radius 1 is 1.53 bits per heavy atom. The van der Waals surface area contributed by atoms with Crippen LogP contribution in [0.4, 0.5) is 0 Å². The standard InChI is InChI=1S/C10H13N7OS/c1-2-3-17-9(18)15-16-10(17)19-7-5-13-6(4-14-7)8(11)12/h4-5H,2-3H2,1H3,(H3,11,12)(H,15,18). The molecule has 0 fully saturated rings. The van der Waals surface area contributed by atoms with Crippen molar-refractivity contribution < 1.29 is 0 Å². The van der Waals surface area contributed by atoms with Crippen LogP contribution in [-0.2, 0) is 6.54 Å². The van der Waals surface area contributed by atoms with E-state index in [0.29, 0.717) is 22.4 Å². The molecule has 2 aromatic heterocycles. The highest BCUT2D eigenvalue weighted by Crippen LogP contribution is 2.22. The van der Waals surface area contributed by atoms with E-state index in [2.05, 4.69) is 20.2 Å². The summed E-state index contributed by atoms with van der Waals surface area (Å²) in [5.74, 6) is -0.133. The number of nitrogens with zero attached hydrogens (tertiary/aromatic N) is 4. The molecule has 9 heteroatoms. The normalized spacial score (nSPS) is 10.6. The molecule has 0 saturated carbocycles. The topological polar surface area (TPSA) is 126 Å². The summed E-state index contributed by atoms with van der Waals surface area (Å²) >= 11 is 1.23. The lowest BCUT2D eigenvalue weighted by Crippen LogP contribution is -2.17. The number of H-pyrrole nitrogens is 1. The fraction of sp³-hybridized carbons (Fsp3) is 0.300. The number of rotatable bonds is 5. The number of aromatic nitrogens is 5. The average molecular weight is 279 g/mol. The van der Waals surface area contributed by atoms with Crippen molar-refractivity contribution >= 4 is 17.6 Å². The Bertz CT molecular complexity index is 630. The molecule has 2 aromatic rings. The van der Waals surface area contributed by atoms with Gasteiger partial charge in [-0.2, -0.15) is 0 Å². The van der Waals surface area contributed by atoms with E-state index in [1.54, 1.807) is 4.57 Å². The second kappa shape index (κ2) is 5.65. The van der Waals surface area contributed by atoms with Gasteiger partial charge in [-0.05, 0) is 18.2 Å². The first-order valence-corrected chi connectivity index (χ1v) is 6.43. The highest BCUT2D eigenvalue weighted by atomic mass is 32.2. The summed E-state index contributed by atoms with van der Waals surface area (Å²) in [6, 6.07) is 0. The number of nitrogen functional groups attached to an aromatic ring is 1. The molecule has 19 heavy (non-hydrogen) atoms. The summed E-state index contributed by atoms with van der Waals surface area (Å²) < 4.78 is 1.55. The third kappa shape index (κ3) is 2.99. The number of amidine groups is 1. The SMILES string of the molecule is CCCn1c(Sc2cnc(C(=N)N)cn2)n[nH]c1=O. The molecule has 0 bridgehead atoms. The predicted molar refractivity (Wildman–Crippen MR) is 70.3 cm³/mol. The molecule has 0 spiro atoms. The second-order valence-corrected chi connectivity index (χ2v) is 4.71. The maximum absolute atomic E-state index is 11.5. The highest BCUT2D eigenvalue weighted by Gasteiger charge is 2.10. The zero-order valence-electron chi connectivity index (χ0n) is 10.3. The van der Waals surface area contributed by atoms with Crippen LogP contribution in [0.2, 0.25) is 0 Å². The zero-order valence-corrected chi connectivity index (χ0v) is 11.1. The molecule has 0 aliphatic heterocycles. The van der Waals surface area contributed by atoms with Gasteiger partial charge >= 0.3 is 5.69 Å². The monoisotopic (exact) mass is 279 g/mol. The van der Waals surface area contributed by atoms with E-state index in [1.165, 1.54) is 24.2 Å². The smallest absolute Gasteiger partial charge is 0.343 e. The molecule has 2 rings (SSSR count). The fourth-order valence-corrected chi connectivity index (χ4v) is 2.18. The van der Waals surface area contributed by atoms with Gasteiger partial charge in [-0.25, -0.2) is 19.9 Å². The van der Waals surface area contributed by atoms with Crippen LogP contribution in [0.15, 0.2) is 27.4 Å². The van der Waals surface area contributed by atoms with Crippen molar-refractivity contribution in [3.05, 3.63) is 28.6 Å². The lowest BCUT2D eigenvalue weighted by molar-refractivity contribution is 0.603. The Morgan fingerprint density at radius 3 is 2.89 bits per heavy atom. The zero-order chi connectivity index (χ0) is 13.8. The summed E-state index contributed by atoms with van der Waals surface area (Å²) in [5.41, 5.74) is 5.37. The van der Waals surface area contributed by atoms with E-state index in [4.69, 9.17) is 11.1 Å². The first-order chi connectivity index (χ1) is 9.11. The molecule has 0 radical (unpaired) electrons. The molecule has 0 unspecified atom stereocenters. The van der Waals surface area contributed by atoms with Crippen LogP contribution in [0.1, 0.15) is 19.0 Å². The van der Waals surface area contributed by atoms with E-state index in [-0.39, 0.29) is 11.5 Å². The van der Waals surface area contributed by atoms with Gasteiger partial charge in [0.25, 0.3) is 0 Å². The van der Waals surface area contributed by atoms with Gasteiger partial charge in [-0.3, -0.25) is 9.98 Å². The Morgan fingerprint density at radius 2 is 2.32 bits per heavy atom. The predicted octanol–water partition coefficient (Wildman–Crippen LogP) is 0.207. The molecule has 0 amide bonds. The minimum atomic E-state index is -0.238. The van der Waals surface area contributed by atoms with Crippen molar-refractivity contribution in [1.82, 2.24) is 24.7 Å². The summed E-state index contributed by atoms with van der Waals surface area (Å²) in [6.07, 6.45) is 3.75. The van der Waals surface area contributed by atoms with Crippen molar-refractivity contribution in [3.63, 3.8) is 0 Å². The maximum atomic E-state index is 11.5. The van der Waals surface area contributed by atoms with E-state index in [9.17, 15) is 4.79 Å². The molecular formula is C10H13N7OS. The van der Waals surface area contributed by atoms with Crippen molar-refractivity contribution in [3.8, 4) is 0 Å². The largest absolute Gasteiger partial charge is 0.382 e. The van der Waals surface area contributed by atoms with E-state index in [0.717, 1.165) is 6.42 Å². The van der Waals surface area contributed by atoms with Crippen molar-refractivity contribution in [2.75, 3.05) is 0 Å². The van der Waals surface area contributed by atoms with Crippen molar-refractivity contribution in [2.45, 2.75) is 30.1 Å². The summed E-state index contributed by atoms with van der Waals surface area (Å²) in [7, 11) is 0. The van der Waals surface area contributed by atoms with Crippen LogP contribution < -0.4 is 11.4 Å². The third-order valence-corrected chi connectivity index (χ3v) is 3.18. The summed E-state index contributed by atoms with van der Waals surface area (Å²) in [5, 5.41) is 14.7. The molecule has 0 aromatic carbocycles. The van der Waals surface area contributed by atoms with Crippen molar-refractivity contribution in [1.29, 1.82) is 5.41 Å². The molecule has 0 saturated heterocycles. The highest BCUT2D eigenvalue weighted by molar-refractivity contribution is 7.99. The minimum Gasteiger partial charge on any atom is -0.382 e. The van der Waals surface area contributed by atoms with Crippen LogP contribution in [0.3, 0.4) is 0 Å². The van der Waals surface area contributed by atoms with Gasteiger partial charge in [0.05, 0.1) is 12.4 Å². The Kier molecular flexibility index (Phi) is 3.95. The molecule has 0 aliphatic rings. The van der Waals surface area contributed by atoms with Gasteiger partial charge in [-0.1, -0.05) is 6.92 Å². The first kappa shape index (κ1) is 13.3. The molecule has 100 valence electrons. The number of hydrogen-bond donors (Lipinski definition) is 3. The number of nitrogens with two attached hydrogens (primary N) is 1. The summed E-state index contributed by atoms with van der Waals surface area (Å²) in [6.45, 7) is 2.58. The minimum absolute atomic E-state index is 0.133. The molecular weight excluding hydrogens is 266 g/mol. The van der Waals surface area contributed by atoms with Gasteiger partial charge in [0.1, 0.15) is 16.6 Å². The Hall–Kier alpha value is -2.16. The number of aromatic amines is 1. The molecule has 0 aliphatic carbocycles. The van der Waals surface area contributed by atoms with Gasteiger partial charge in [-0.15, -0.1) is 5.10 Å². The van der Waals surface area contributed by atoms with Gasteiger partial charge in [0.15, 0.2) is 5.16 Å². The Balaban J connectivity index is 2.21. The van der Waals surface area contributed by atoms with E-state index < -0.39 is 0 Å². The quantitative estimate of drug-likeness (QED) is 0.530. The molecule has 4 N–H and O–H groups in total. The van der Waals surface area contributed by atoms with Crippen LogP contribution >= 0.6 is 11.8 Å². The van der Waals surface area contributed by atoms with Gasteiger partial charge < -0.3 is 5.73 Å². The van der Waals surface area contributed by atoms with Crippen molar-refractivity contribution in [2.24, 2.45) is 5.73 Å². The van der Waals surface area contributed by atoms with Crippen LogP contribution in [-0.4, -0.2) is 30.6 Å². The number of nitrogens with one attached hydrogen (secondary N) is 2. The first-order valence-electron chi connectivity index (χ1n) is 5.61. The fourth-order valence-electron chi connectivity index (χ4n) is 1.40.